The van der Waals surface area contributed by atoms with Crippen LogP contribution in [0.5, 0.6) is 11.5 Å². The zero-order chi connectivity index (χ0) is 29.3. The Labute approximate surface area is 240 Å². The van der Waals surface area contributed by atoms with Gasteiger partial charge in [0.25, 0.3) is 10.0 Å². The smallest absolute Gasteiger partial charge is 0.264 e. The second-order valence-corrected chi connectivity index (χ2v) is 11.2. The van der Waals surface area contributed by atoms with Crippen molar-refractivity contribution < 1.29 is 27.5 Å². The van der Waals surface area contributed by atoms with E-state index < -0.39 is 28.5 Å². The van der Waals surface area contributed by atoms with E-state index in [9.17, 15) is 18.0 Å². The highest BCUT2D eigenvalue weighted by molar-refractivity contribution is 7.92. The Bertz CT molecular complexity index is 1400. The molecule has 2 amide bonds. The standard InChI is InChI=1S/C29H34ClN3O6S/c1-5-27(29(35)31-6-2)32(19-21-8-7-9-25(18-21)39-4)28(34)20-33(23-12-10-22(30)11-13-23)40(36,37)26-16-14-24(38-3)15-17-26/h7-18,27H,5-6,19-20H2,1-4H3,(H,31,35)/t27-/m0/s1. The molecule has 9 nitrogen and oxygen atoms in total. The summed E-state index contributed by atoms with van der Waals surface area (Å²) in [7, 11) is -1.17. The van der Waals surface area contributed by atoms with E-state index >= 15 is 0 Å². The van der Waals surface area contributed by atoms with Crippen LogP contribution in [0.15, 0.2) is 77.7 Å². The van der Waals surface area contributed by atoms with Gasteiger partial charge in [-0.1, -0.05) is 30.7 Å². The van der Waals surface area contributed by atoms with Crippen LogP contribution in [-0.4, -0.2) is 58.5 Å². The predicted octanol–water partition coefficient (Wildman–Crippen LogP) is 4.50. The fourth-order valence-corrected chi connectivity index (χ4v) is 5.73. The summed E-state index contributed by atoms with van der Waals surface area (Å²) in [6.45, 7) is 3.51. The summed E-state index contributed by atoms with van der Waals surface area (Å²) >= 11 is 6.07. The summed E-state index contributed by atoms with van der Waals surface area (Å²) in [4.78, 5) is 28.4. The van der Waals surface area contributed by atoms with E-state index in [1.807, 2.05) is 6.07 Å². The van der Waals surface area contributed by atoms with E-state index in [1.165, 1.54) is 48.4 Å². The molecule has 0 fully saturated rings. The first-order chi connectivity index (χ1) is 19.1. The molecule has 0 unspecified atom stereocenters. The molecule has 0 spiro atoms. The lowest BCUT2D eigenvalue weighted by atomic mass is 10.1. The van der Waals surface area contributed by atoms with Gasteiger partial charge in [0.1, 0.15) is 24.1 Å². The molecule has 1 atom stereocenters. The van der Waals surface area contributed by atoms with Gasteiger partial charge in [0.15, 0.2) is 0 Å². The van der Waals surface area contributed by atoms with Crippen molar-refractivity contribution >= 4 is 39.1 Å². The number of benzene rings is 3. The van der Waals surface area contributed by atoms with Crippen LogP contribution in [0.3, 0.4) is 0 Å². The summed E-state index contributed by atoms with van der Waals surface area (Å²) in [5, 5.41) is 3.20. The molecule has 214 valence electrons. The number of halogens is 1. The average Bonchev–Trinajstić information content (AvgIpc) is 2.96. The number of nitrogens with zero attached hydrogens (tertiary/aromatic N) is 2. The van der Waals surface area contributed by atoms with E-state index in [2.05, 4.69) is 5.32 Å². The second-order valence-electron chi connectivity index (χ2n) is 8.86. The van der Waals surface area contributed by atoms with Crippen molar-refractivity contribution in [1.82, 2.24) is 10.2 Å². The molecular weight excluding hydrogens is 554 g/mol. The highest BCUT2D eigenvalue weighted by Gasteiger charge is 2.33. The van der Waals surface area contributed by atoms with E-state index in [0.29, 0.717) is 29.5 Å². The molecular formula is C29H34ClN3O6S. The highest BCUT2D eigenvalue weighted by Crippen LogP contribution is 2.27. The minimum Gasteiger partial charge on any atom is -0.497 e. The van der Waals surface area contributed by atoms with Gasteiger partial charge in [-0.15, -0.1) is 0 Å². The van der Waals surface area contributed by atoms with Crippen LogP contribution in [0.4, 0.5) is 5.69 Å². The van der Waals surface area contributed by atoms with Crippen molar-refractivity contribution in [2.45, 2.75) is 37.8 Å². The Balaban J connectivity index is 2.06. The van der Waals surface area contributed by atoms with Gasteiger partial charge in [-0.05, 0) is 79.6 Å². The molecule has 40 heavy (non-hydrogen) atoms. The summed E-state index contributed by atoms with van der Waals surface area (Å²) in [5.74, 6) is 0.219. The Kier molecular flexibility index (Phi) is 10.8. The number of anilines is 1. The van der Waals surface area contributed by atoms with Crippen LogP contribution in [0.1, 0.15) is 25.8 Å². The lowest BCUT2D eigenvalue weighted by molar-refractivity contribution is -0.140. The van der Waals surface area contributed by atoms with Gasteiger partial charge in [0, 0.05) is 18.1 Å². The summed E-state index contributed by atoms with van der Waals surface area (Å²) in [5.41, 5.74) is 0.979. The molecule has 3 rings (SSSR count). The number of hydrogen-bond donors (Lipinski definition) is 1. The molecule has 0 aliphatic heterocycles. The topological polar surface area (TPSA) is 105 Å². The number of rotatable bonds is 13. The maximum absolute atomic E-state index is 14.0. The van der Waals surface area contributed by atoms with Crippen molar-refractivity contribution in [3.8, 4) is 11.5 Å². The molecule has 3 aromatic carbocycles. The Morgan fingerprint density at radius 3 is 2.15 bits per heavy atom. The minimum absolute atomic E-state index is 0.0221. The first-order valence-corrected chi connectivity index (χ1v) is 14.6. The number of likely N-dealkylation sites (N-methyl/N-ethyl adjacent to an activating group) is 1. The third-order valence-electron chi connectivity index (χ3n) is 6.26. The van der Waals surface area contributed by atoms with Crippen LogP contribution in [-0.2, 0) is 26.2 Å². The summed E-state index contributed by atoms with van der Waals surface area (Å²) < 4.78 is 39.3. The lowest BCUT2D eigenvalue weighted by Gasteiger charge is -2.33. The number of carbonyl (C=O) groups excluding carboxylic acids is 2. The SMILES string of the molecule is CCNC(=O)[C@H](CC)N(Cc1cccc(OC)c1)C(=O)CN(c1ccc(Cl)cc1)S(=O)(=O)c1ccc(OC)cc1. The number of sulfonamides is 1. The van der Waals surface area contributed by atoms with E-state index in [-0.39, 0.29) is 23.0 Å². The molecule has 0 saturated carbocycles. The molecule has 0 aliphatic carbocycles. The third kappa shape index (κ3) is 7.45. The zero-order valence-corrected chi connectivity index (χ0v) is 24.5. The van der Waals surface area contributed by atoms with Crippen LogP contribution < -0.4 is 19.1 Å². The number of hydrogen-bond acceptors (Lipinski definition) is 6. The molecule has 0 aliphatic rings. The first-order valence-electron chi connectivity index (χ1n) is 12.8. The quantitative estimate of drug-likeness (QED) is 0.316. The normalized spacial score (nSPS) is 11.8. The van der Waals surface area contributed by atoms with Crippen molar-refractivity contribution in [1.29, 1.82) is 0 Å². The predicted molar refractivity (Wildman–Crippen MR) is 155 cm³/mol. The van der Waals surface area contributed by atoms with Gasteiger partial charge in [0.2, 0.25) is 11.8 Å². The van der Waals surface area contributed by atoms with Crippen molar-refractivity contribution in [2.24, 2.45) is 0 Å². The average molecular weight is 588 g/mol. The van der Waals surface area contributed by atoms with Crippen molar-refractivity contribution in [3.05, 3.63) is 83.4 Å². The second kappa shape index (κ2) is 14.0. The fraction of sp³-hybridized carbons (Fsp3) is 0.310. The number of carbonyl (C=O) groups is 2. The number of methoxy groups -OCH3 is 2. The Morgan fingerprint density at radius 1 is 0.925 bits per heavy atom. The van der Waals surface area contributed by atoms with Gasteiger partial charge >= 0.3 is 0 Å². The molecule has 11 heteroatoms. The van der Waals surface area contributed by atoms with E-state index in [0.717, 1.165) is 9.87 Å². The number of amides is 2. The zero-order valence-electron chi connectivity index (χ0n) is 23.0. The largest absolute Gasteiger partial charge is 0.497 e. The van der Waals surface area contributed by atoms with Crippen LogP contribution in [0, 0.1) is 0 Å². The fourth-order valence-electron chi connectivity index (χ4n) is 4.19. The molecule has 0 bridgehead atoms. The van der Waals surface area contributed by atoms with Crippen LogP contribution in [0.2, 0.25) is 5.02 Å². The molecule has 0 heterocycles. The van der Waals surface area contributed by atoms with E-state index in [1.54, 1.807) is 51.3 Å². The van der Waals surface area contributed by atoms with Crippen molar-refractivity contribution in [3.63, 3.8) is 0 Å². The highest BCUT2D eigenvalue weighted by atomic mass is 35.5. The minimum atomic E-state index is -4.20. The maximum atomic E-state index is 14.0. The molecule has 0 saturated heterocycles. The maximum Gasteiger partial charge on any atom is 0.264 e. The summed E-state index contributed by atoms with van der Waals surface area (Å²) in [6, 6.07) is 18.4. The molecule has 0 aromatic heterocycles. The molecule has 0 radical (unpaired) electrons. The first kappa shape index (κ1) is 30.8. The Morgan fingerprint density at radius 2 is 1.57 bits per heavy atom. The van der Waals surface area contributed by atoms with Gasteiger partial charge in [0.05, 0.1) is 24.8 Å². The van der Waals surface area contributed by atoms with Gasteiger partial charge in [-0.2, -0.15) is 0 Å². The number of ether oxygens (including phenoxy) is 2. The molecule has 1 N–H and O–H groups in total. The van der Waals surface area contributed by atoms with Gasteiger partial charge < -0.3 is 19.7 Å². The number of nitrogens with one attached hydrogen (secondary N) is 1. The van der Waals surface area contributed by atoms with Gasteiger partial charge in [-0.3, -0.25) is 13.9 Å². The van der Waals surface area contributed by atoms with Gasteiger partial charge in [-0.25, -0.2) is 8.42 Å². The van der Waals surface area contributed by atoms with Crippen molar-refractivity contribution in [2.75, 3.05) is 31.6 Å². The monoisotopic (exact) mass is 587 g/mol. The van der Waals surface area contributed by atoms with Crippen LogP contribution in [0.25, 0.3) is 0 Å². The lowest BCUT2D eigenvalue weighted by Crippen LogP contribution is -2.52. The van der Waals surface area contributed by atoms with Crippen LogP contribution >= 0.6 is 11.6 Å². The molecule has 3 aromatic rings. The Hall–Kier alpha value is -3.76. The summed E-state index contributed by atoms with van der Waals surface area (Å²) in [6.07, 6.45) is 0.327. The third-order valence-corrected chi connectivity index (χ3v) is 8.30. The van der Waals surface area contributed by atoms with E-state index in [4.69, 9.17) is 21.1 Å².